The van der Waals surface area contributed by atoms with Crippen molar-refractivity contribution in [1.82, 2.24) is 10.2 Å². The highest BCUT2D eigenvalue weighted by Crippen LogP contribution is 2.25. The summed E-state index contributed by atoms with van der Waals surface area (Å²) in [6.45, 7) is 4.47. The Morgan fingerprint density at radius 2 is 2.05 bits per heavy atom. The van der Waals surface area contributed by atoms with Crippen LogP contribution in [0, 0.1) is 0 Å². The van der Waals surface area contributed by atoms with Gasteiger partial charge in [-0.3, -0.25) is 0 Å². The number of nitrogens with one attached hydrogen (secondary N) is 1. The number of sulfone groups is 1. The SMILES string of the molecule is O=S1(=O)CCCN(CC2CNCc3ccccc32)CC1. The van der Waals surface area contributed by atoms with E-state index in [2.05, 4.69) is 34.5 Å². The van der Waals surface area contributed by atoms with Crippen LogP contribution in [-0.4, -0.2) is 51.0 Å². The van der Waals surface area contributed by atoms with Crippen molar-refractivity contribution >= 4 is 9.84 Å². The van der Waals surface area contributed by atoms with E-state index in [1.807, 2.05) is 0 Å². The first kappa shape index (κ1) is 14.0. The number of hydrogen-bond acceptors (Lipinski definition) is 4. The van der Waals surface area contributed by atoms with Crippen molar-refractivity contribution in [2.75, 3.05) is 37.7 Å². The molecular weight excluding hydrogens is 272 g/mol. The van der Waals surface area contributed by atoms with Crippen molar-refractivity contribution in [1.29, 1.82) is 0 Å². The van der Waals surface area contributed by atoms with Crippen LogP contribution in [0.4, 0.5) is 0 Å². The van der Waals surface area contributed by atoms with E-state index in [1.54, 1.807) is 0 Å². The van der Waals surface area contributed by atoms with E-state index < -0.39 is 9.84 Å². The van der Waals surface area contributed by atoms with Crippen LogP contribution in [0.5, 0.6) is 0 Å². The van der Waals surface area contributed by atoms with Gasteiger partial charge in [0.1, 0.15) is 0 Å². The summed E-state index contributed by atoms with van der Waals surface area (Å²) in [4.78, 5) is 2.32. The Kier molecular flexibility index (Phi) is 4.10. The largest absolute Gasteiger partial charge is 0.312 e. The van der Waals surface area contributed by atoms with Gasteiger partial charge in [0.05, 0.1) is 11.5 Å². The lowest BCUT2D eigenvalue weighted by molar-refractivity contribution is 0.268. The predicted molar refractivity (Wildman–Crippen MR) is 80.6 cm³/mol. The number of hydrogen-bond donors (Lipinski definition) is 1. The van der Waals surface area contributed by atoms with Crippen LogP contribution >= 0.6 is 0 Å². The van der Waals surface area contributed by atoms with Crippen LogP contribution in [0.2, 0.25) is 0 Å². The summed E-state index contributed by atoms with van der Waals surface area (Å²) >= 11 is 0. The van der Waals surface area contributed by atoms with Crippen LogP contribution in [0.15, 0.2) is 24.3 Å². The van der Waals surface area contributed by atoms with Crippen LogP contribution < -0.4 is 5.32 Å². The van der Waals surface area contributed by atoms with Gasteiger partial charge in [0, 0.05) is 32.1 Å². The van der Waals surface area contributed by atoms with Gasteiger partial charge in [0.15, 0.2) is 9.84 Å². The minimum Gasteiger partial charge on any atom is -0.312 e. The van der Waals surface area contributed by atoms with Crippen LogP contribution in [0.1, 0.15) is 23.5 Å². The molecule has 0 radical (unpaired) electrons. The minimum atomic E-state index is -2.81. The van der Waals surface area contributed by atoms with Crippen LogP contribution in [0.25, 0.3) is 0 Å². The fraction of sp³-hybridized carbons (Fsp3) is 0.600. The molecule has 2 aliphatic rings. The summed E-state index contributed by atoms with van der Waals surface area (Å²) in [5.41, 5.74) is 2.81. The normalized spacial score (nSPS) is 26.7. The Bertz CT molecular complexity index is 571. The van der Waals surface area contributed by atoms with Crippen molar-refractivity contribution < 1.29 is 8.42 Å². The molecular formula is C15H22N2O2S. The molecule has 4 nitrogen and oxygen atoms in total. The molecule has 2 aliphatic heterocycles. The van der Waals surface area contributed by atoms with Gasteiger partial charge in [-0.25, -0.2) is 8.42 Å². The second kappa shape index (κ2) is 5.84. The highest BCUT2D eigenvalue weighted by Gasteiger charge is 2.24. The van der Waals surface area contributed by atoms with E-state index in [1.165, 1.54) is 11.1 Å². The van der Waals surface area contributed by atoms with Gasteiger partial charge >= 0.3 is 0 Å². The lowest BCUT2D eigenvalue weighted by Gasteiger charge is -2.31. The molecule has 1 aromatic carbocycles. The van der Waals surface area contributed by atoms with E-state index >= 15 is 0 Å². The molecule has 0 aliphatic carbocycles. The van der Waals surface area contributed by atoms with Crippen molar-refractivity contribution in [3.8, 4) is 0 Å². The summed E-state index contributed by atoms with van der Waals surface area (Å²) in [6.07, 6.45) is 0.768. The summed E-state index contributed by atoms with van der Waals surface area (Å²) in [5.74, 6) is 1.14. The highest BCUT2D eigenvalue weighted by molar-refractivity contribution is 7.91. The third-order valence-electron chi connectivity index (χ3n) is 4.33. The standard InChI is InChI=1S/C15H22N2O2S/c18-20(19)8-3-6-17(7-9-20)12-14-11-16-10-13-4-1-2-5-15(13)14/h1-2,4-5,14,16H,3,6-12H2. The van der Waals surface area contributed by atoms with Gasteiger partial charge in [0.2, 0.25) is 0 Å². The molecule has 1 N–H and O–H groups in total. The molecule has 1 atom stereocenters. The molecule has 1 aromatic rings. The van der Waals surface area contributed by atoms with Crippen molar-refractivity contribution in [3.63, 3.8) is 0 Å². The van der Waals surface area contributed by atoms with Crippen LogP contribution in [0.3, 0.4) is 0 Å². The zero-order valence-corrected chi connectivity index (χ0v) is 12.5. The molecule has 20 heavy (non-hydrogen) atoms. The first-order valence-electron chi connectivity index (χ1n) is 7.35. The average Bonchev–Trinajstić information content (AvgIpc) is 2.61. The van der Waals surface area contributed by atoms with Crippen molar-refractivity contribution in [3.05, 3.63) is 35.4 Å². The zero-order valence-electron chi connectivity index (χ0n) is 11.7. The molecule has 1 saturated heterocycles. The molecule has 1 fully saturated rings. The summed E-state index contributed by atoms with van der Waals surface area (Å²) in [5, 5.41) is 3.47. The van der Waals surface area contributed by atoms with E-state index in [9.17, 15) is 8.42 Å². The lowest BCUT2D eigenvalue weighted by atomic mass is 9.90. The summed E-state index contributed by atoms with van der Waals surface area (Å²) in [6, 6.07) is 8.59. The van der Waals surface area contributed by atoms with Gasteiger partial charge in [-0.05, 0) is 24.1 Å². The topological polar surface area (TPSA) is 49.4 Å². The fourth-order valence-electron chi connectivity index (χ4n) is 3.23. The van der Waals surface area contributed by atoms with Crippen molar-refractivity contribution in [2.45, 2.75) is 18.9 Å². The fourth-order valence-corrected chi connectivity index (χ4v) is 4.54. The molecule has 0 spiro atoms. The van der Waals surface area contributed by atoms with Crippen LogP contribution in [-0.2, 0) is 16.4 Å². The zero-order chi connectivity index (χ0) is 14.0. The summed E-state index contributed by atoms with van der Waals surface area (Å²) < 4.78 is 23.3. The maximum Gasteiger partial charge on any atom is 0.151 e. The van der Waals surface area contributed by atoms with Gasteiger partial charge in [0.25, 0.3) is 0 Å². The Labute approximate surface area is 121 Å². The Morgan fingerprint density at radius 1 is 1.20 bits per heavy atom. The second-order valence-electron chi connectivity index (χ2n) is 5.83. The quantitative estimate of drug-likeness (QED) is 0.884. The monoisotopic (exact) mass is 294 g/mol. The molecule has 0 bridgehead atoms. The first-order valence-corrected chi connectivity index (χ1v) is 9.17. The Hall–Kier alpha value is -0.910. The molecule has 1 unspecified atom stereocenters. The minimum absolute atomic E-state index is 0.314. The predicted octanol–water partition coefficient (Wildman–Crippen LogP) is 0.994. The third-order valence-corrected chi connectivity index (χ3v) is 6.04. The number of nitrogens with zero attached hydrogens (tertiary/aromatic N) is 1. The molecule has 2 heterocycles. The Morgan fingerprint density at radius 3 is 2.95 bits per heavy atom. The van der Waals surface area contributed by atoms with E-state index in [4.69, 9.17) is 0 Å². The van der Waals surface area contributed by atoms with E-state index in [0.29, 0.717) is 24.0 Å². The Balaban J connectivity index is 1.70. The van der Waals surface area contributed by atoms with Gasteiger partial charge in [-0.1, -0.05) is 24.3 Å². The van der Waals surface area contributed by atoms with Gasteiger partial charge < -0.3 is 10.2 Å². The lowest BCUT2D eigenvalue weighted by Crippen LogP contribution is -2.38. The number of fused-ring (bicyclic) bond motifs is 1. The third kappa shape index (κ3) is 3.22. The van der Waals surface area contributed by atoms with Gasteiger partial charge in [-0.2, -0.15) is 0 Å². The number of benzene rings is 1. The molecule has 0 saturated carbocycles. The smallest absolute Gasteiger partial charge is 0.151 e. The van der Waals surface area contributed by atoms with Crippen molar-refractivity contribution in [2.24, 2.45) is 0 Å². The molecule has 3 rings (SSSR count). The second-order valence-corrected chi connectivity index (χ2v) is 8.14. The molecule has 0 aromatic heterocycles. The summed E-state index contributed by atoms with van der Waals surface area (Å²) in [7, 11) is -2.81. The number of rotatable bonds is 2. The van der Waals surface area contributed by atoms with Gasteiger partial charge in [-0.15, -0.1) is 0 Å². The maximum absolute atomic E-state index is 11.7. The highest BCUT2D eigenvalue weighted by atomic mass is 32.2. The average molecular weight is 294 g/mol. The molecule has 0 amide bonds. The first-order chi connectivity index (χ1) is 9.64. The molecule has 5 heteroatoms. The van der Waals surface area contributed by atoms with E-state index in [0.717, 1.165) is 32.6 Å². The molecule has 110 valence electrons. The maximum atomic E-state index is 11.7. The van der Waals surface area contributed by atoms with E-state index in [-0.39, 0.29) is 0 Å².